The Morgan fingerprint density at radius 1 is 1.08 bits per heavy atom. The number of aliphatic hydroxyl groups is 5. The fraction of sp³-hybridized carbons (Fsp3) is 0.577. The monoisotopic (exact) mass is 506 g/mol. The minimum atomic E-state index is -1.25. The third-order valence-electron chi connectivity index (χ3n) is 6.80. The minimum Gasteiger partial charge on any atom is -0.423 e. The zero-order chi connectivity index (χ0) is 25.8. The zero-order valence-electron chi connectivity index (χ0n) is 20.1. The van der Waals surface area contributed by atoms with Gasteiger partial charge in [0.2, 0.25) is 0 Å². The molecule has 1 saturated heterocycles. The molecule has 10 nitrogen and oxygen atoms in total. The molecule has 5 N–H and O–H groups in total. The summed E-state index contributed by atoms with van der Waals surface area (Å²) in [6.07, 6.45) is -2.53. The molecule has 2 aromatic rings. The number of hydrogen-bond acceptors (Lipinski definition) is 10. The van der Waals surface area contributed by atoms with E-state index in [1.807, 2.05) is 6.92 Å². The van der Waals surface area contributed by atoms with Gasteiger partial charge in [0.1, 0.15) is 17.8 Å². The SMILES string of the molecule is CC1C[C@H](O[C@@H]2C=C[C@H](C(O)OCc3ccc4ccc(=O)oc4c3)CC(O)CC2O)OC(CO)C1O. The van der Waals surface area contributed by atoms with Crippen LogP contribution in [0.5, 0.6) is 0 Å². The maximum Gasteiger partial charge on any atom is 0.336 e. The molecule has 1 fully saturated rings. The molecular weight excluding hydrogens is 472 g/mol. The fourth-order valence-corrected chi connectivity index (χ4v) is 4.68. The molecule has 10 heteroatoms. The lowest BCUT2D eigenvalue weighted by atomic mass is 9.91. The van der Waals surface area contributed by atoms with E-state index < -0.39 is 54.6 Å². The molecule has 198 valence electrons. The Bertz CT molecular complexity index is 1080. The van der Waals surface area contributed by atoms with E-state index in [0.29, 0.717) is 17.6 Å². The number of fused-ring (bicyclic) bond motifs is 1. The van der Waals surface area contributed by atoms with Crippen LogP contribution in [-0.2, 0) is 20.8 Å². The molecule has 0 bridgehead atoms. The predicted octanol–water partition coefficient (Wildman–Crippen LogP) is 0.805. The molecule has 0 saturated carbocycles. The number of ether oxygens (including phenoxy) is 3. The van der Waals surface area contributed by atoms with E-state index in [1.165, 1.54) is 6.07 Å². The lowest BCUT2D eigenvalue weighted by Gasteiger charge is -2.39. The second-order valence-corrected chi connectivity index (χ2v) is 9.66. The van der Waals surface area contributed by atoms with Gasteiger partial charge < -0.3 is 44.2 Å². The summed E-state index contributed by atoms with van der Waals surface area (Å²) in [5.74, 6) is -0.748. The van der Waals surface area contributed by atoms with Crippen LogP contribution in [0.1, 0.15) is 31.7 Å². The highest BCUT2D eigenvalue weighted by molar-refractivity contribution is 5.76. The minimum absolute atomic E-state index is 0.0241. The number of benzene rings is 1. The van der Waals surface area contributed by atoms with Crippen molar-refractivity contribution in [2.75, 3.05) is 6.61 Å². The third-order valence-corrected chi connectivity index (χ3v) is 6.80. The first kappa shape index (κ1) is 26.9. The van der Waals surface area contributed by atoms with E-state index >= 15 is 0 Å². The van der Waals surface area contributed by atoms with Crippen molar-refractivity contribution in [3.05, 3.63) is 58.5 Å². The highest BCUT2D eigenvalue weighted by atomic mass is 16.7. The first-order valence-corrected chi connectivity index (χ1v) is 12.2. The van der Waals surface area contributed by atoms with Gasteiger partial charge >= 0.3 is 5.63 Å². The summed E-state index contributed by atoms with van der Waals surface area (Å²) < 4.78 is 22.4. The predicted molar refractivity (Wildman–Crippen MR) is 128 cm³/mol. The summed E-state index contributed by atoms with van der Waals surface area (Å²) in [6, 6.07) is 8.28. The topological polar surface area (TPSA) is 159 Å². The molecule has 1 aromatic heterocycles. The Morgan fingerprint density at radius 2 is 1.86 bits per heavy atom. The standard InChI is InChI=1S/C26H34O10/c1-14-8-24(36-22(12-27)25(14)31)35-20-6-4-17(10-18(28)11-19(20)29)26(32)33-13-15-2-3-16-5-7-23(30)34-21(16)9-15/h2-7,9,14,17-20,22,24-29,31-32H,8,10-13H2,1H3/t14?,17-,18?,19?,20+,22?,24+,25?,26?/m0/s1. The van der Waals surface area contributed by atoms with Crippen LogP contribution < -0.4 is 5.63 Å². The van der Waals surface area contributed by atoms with Crippen LogP contribution in [0.25, 0.3) is 11.0 Å². The van der Waals surface area contributed by atoms with Gasteiger partial charge in [0.25, 0.3) is 0 Å². The molecule has 2 aliphatic rings. The summed E-state index contributed by atoms with van der Waals surface area (Å²) in [7, 11) is 0. The molecule has 9 atom stereocenters. The molecule has 1 aliphatic heterocycles. The van der Waals surface area contributed by atoms with Gasteiger partial charge in [-0.2, -0.15) is 0 Å². The quantitative estimate of drug-likeness (QED) is 0.207. The van der Waals surface area contributed by atoms with Gasteiger partial charge in [0.05, 0.1) is 31.5 Å². The Hall–Kier alpha value is -2.15. The Morgan fingerprint density at radius 3 is 2.64 bits per heavy atom. The molecule has 2 heterocycles. The van der Waals surface area contributed by atoms with Crippen molar-refractivity contribution in [1.29, 1.82) is 0 Å². The Kier molecular flexibility index (Phi) is 8.91. The number of hydrogen-bond donors (Lipinski definition) is 5. The van der Waals surface area contributed by atoms with E-state index in [1.54, 1.807) is 36.4 Å². The van der Waals surface area contributed by atoms with Crippen LogP contribution >= 0.6 is 0 Å². The van der Waals surface area contributed by atoms with Gasteiger partial charge in [0.15, 0.2) is 12.6 Å². The molecule has 4 rings (SSSR count). The van der Waals surface area contributed by atoms with Crippen molar-refractivity contribution >= 4 is 11.0 Å². The van der Waals surface area contributed by atoms with Crippen LogP contribution in [0.4, 0.5) is 0 Å². The van der Waals surface area contributed by atoms with Gasteiger partial charge in [-0.05, 0) is 30.0 Å². The summed E-state index contributed by atoms with van der Waals surface area (Å²) in [6.45, 7) is 1.52. The van der Waals surface area contributed by atoms with Gasteiger partial charge in [-0.3, -0.25) is 0 Å². The second-order valence-electron chi connectivity index (χ2n) is 9.66. The molecule has 1 aromatic carbocycles. The lowest BCUT2D eigenvalue weighted by Crippen LogP contribution is -2.48. The number of rotatable bonds is 7. The first-order chi connectivity index (χ1) is 17.2. The summed E-state index contributed by atoms with van der Waals surface area (Å²) in [5.41, 5.74) is 0.667. The van der Waals surface area contributed by atoms with Crippen LogP contribution in [0, 0.1) is 11.8 Å². The van der Waals surface area contributed by atoms with E-state index in [4.69, 9.17) is 18.6 Å². The second kappa shape index (κ2) is 11.9. The summed E-state index contributed by atoms with van der Waals surface area (Å²) >= 11 is 0. The molecular formula is C26H34O10. The van der Waals surface area contributed by atoms with Crippen LogP contribution in [-0.4, -0.2) is 75.2 Å². The summed E-state index contributed by atoms with van der Waals surface area (Å²) in [5, 5.41) is 52.1. The van der Waals surface area contributed by atoms with Crippen LogP contribution in [0.15, 0.2) is 51.7 Å². The number of aliphatic hydroxyl groups excluding tert-OH is 5. The van der Waals surface area contributed by atoms with Crippen molar-refractivity contribution in [3.8, 4) is 0 Å². The van der Waals surface area contributed by atoms with Gasteiger partial charge in [-0.15, -0.1) is 0 Å². The molecule has 0 amide bonds. The fourth-order valence-electron chi connectivity index (χ4n) is 4.68. The highest BCUT2D eigenvalue weighted by Crippen LogP contribution is 2.29. The molecule has 36 heavy (non-hydrogen) atoms. The molecule has 0 spiro atoms. The normalized spacial score (nSPS) is 34.3. The molecule has 0 radical (unpaired) electrons. The van der Waals surface area contributed by atoms with Crippen molar-refractivity contribution in [1.82, 2.24) is 0 Å². The van der Waals surface area contributed by atoms with Gasteiger partial charge in [0, 0.05) is 30.2 Å². The van der Waals surface area contributed by atoms with Crippen LogP contribution in [0.3, 0.4) is 0 Å². The maximum absolute atomic E-state index is 11.5. The van der Waals surface area contributed by atoms with Crippen LogP contribution in [0.2, 0.25) is 0 Å². The largest absolute Gasteiger partial charge is 0.423 e. The average Bonchev–Trinajstić information content (AvgIpc) is 2.84. The van der Waals surface area contributed by atoms with Crippen molar-refractivity contribution in [2.24, 2.45) is 11.8 Å². The zero-order valence-corrected chi connectivity index (χ0v) is 20.1. The Labute approximate surface area is 208 Å². The van der Waals surface area contributed by atoms with Crippen molar-refractivity contribution in [2.45, 2.75) is 75.9 Å². The van der Waals surface area contributed by atoms with Gasteiger partial charge in [-0.25, -0.2) is 4.79 Å². The van der Waals surface area contributed by atoms with Crippen molar-refractivity contribution in [3.63, 3.8) is 0 Å². The first-order valence-electron chi connectivity index (χ1n) is 12.2. The van der Waals surface area contributed by atoms with Gasteiger partial charge in [-0.1, -0.05) is 31.2 Å². The van der Waals surface area contributed by atoms with E-state index in [-0.39, 0.29) is 32.0 Å². The highest BCUT2D eigenvalue weighted by Gasteiger charge is 2.38. The summed E-state index contributed by atoms with van der Waals surface area (Å²) in [4.78, 5) is 11.5. The van der Waals surface area contributed by atoms with E-state index in [9.17, 15) is 30.3 Å². The molecule has 6 unspecified atom stereocenters. The maximum atomic E-state index is 11.5. The smallest absolute Gasteiger partial charge is 0.336 e. The Balaban J connectivity index is 1.40. The molecule has 1 aliphatic carbocycles. The average molecular weight is 507 g/mol. The van der Waals surface area contributed by atoms with E-state index in [0.717, 1.165) is 5.39 Å². The third kappa shape index (κ3) is 6.58. The van der Waals surface area contributed by atoms with E-state index in [2.05, 4.69) is 0 Å². The van der Waals surface area contributed by atoms with Crippen molar-refractivity contribution < 1.29 is 44.2 Å². The lowest BCUT2D eigenvalue weighted by molar-refractivity contribution is -0.261.